The summed E-state index contributed by atoms with van der Waals surface area (Å²) in [6, 6.07) is 3.29. The van der Waals surface area contributed by atoms with Crippen LogP contribution < -0.4 is 26.0 Å². The van der Waals surface area contributed by atoms with E-state index in [1.54, 1.807) is 18.2 Å². The molecule has 0 aliphatic carbocycles. The minimum Gasteiger partial charge on any atom is -0.482 e. The average molecular weight is 304 g/mol. The first-order valence-corrected chi connectivity index (χ1v) is 6.49. The van der Waals surface area contributed by atoms with Crippen LogP contribution in [-0.4, -0.2) is 36.4 Å². The summed E-state index contributed by atoms with van der Waals surface area (Å²) in [6.45, 7) is -0.0464. The normalized spacial score (nSPS) is 19.5. The van der Waals surface area contributed by atoms with Gasteiger partial charge in [-0.2, -0.15) is 0 Å². The van der Waals surface area contributed by atoms with Gasteiger partial charge in [-0.3, -0.25) is 19.7 Å². The molecule has 0 radical (unpaired) electrons. The second-order valence-electron chi connectivity index (χ2n) is 4.82. The van der Waals surface area contributed by atoms with Gasteiger partial charge < -0.3 is 20.7 Å². The summed E-state index contributed by atoms with van der Waals surface area (Å²) in [5.74, 6) is -0.738. The Hall–Kier alpha value is -3.10. The number of fused-ring (bicyclic) bond motifs is 1. The lowest BCUT2D eigenvalue weighted by molar-refractivity contribution is -0.124. The minimum atomic E-state index is -0.881. The van der Waals surface area contributed by atoms with E-state index in [1.165, 1.54) is 0 Å². The molecule has 4 N–H and O–H groups in total. The van der Waals surface area contributed by atoms with E-state index in [-0.39, 0.29) is 18.9 Å². The van der Waals surface area contributed by atoms with Crippen molar-refractivity contribution in [3.63, 3.8) is 0 Å². The van der Waals surface area contributed by atoms with Gasteiger partial charge in [-0.1, -0.05) is 0 Å². The lowest BCUT2D eigenvalue weighted by atomic mass is 10.2. The molecule has 0 aromatic heterocycles. The van der Waals surface area contributed by atoms with Crippen LogP contribution in [0.5, 0.6) is 5.75 Å². The van der Waals surface area contributed by atoms with Gasteiger partial charge in [0.05, 0.1) is 12.1 Å². The molecule has 0 saturated carbocycles. The molecule has 114 valence electrons. The number of rotatable bonds is 3. The van der Waals surface area contributed by atoms with Crippen molar-refractivity contribution in [3.05, 3.63) is 18.2 Å². The minimum absolute atomic E-state index is 0.0464. The zero-order valence-electron chi connectivity index (χ0n) is 11.3. The Morgan fingerprint density at radius 1 is 1.27 bits per heavy atom. The van der Waals surface area contributed by atoms with Crippen molar-refractivity contribution in [1.29, 1.82) is 0 Å². The fourth-order valence-corrected chi connectivity index (χ4v) is 2.16. The van der Waals surface area contributed by atoms with E-state index in [4.69, 9.17) is 4.74 Å². The predicted octanol–water partition coefficient (Wildman–Crippen LogP) is -0.446. The Balaban J connectivity index is 1.64. The molecular formula is C13H12N4O5. The number of carbonyl (C=O) groups is 4. The third-order valence-electron chi connectivity index (χ3n) is 3.14. The fraction of sp³-hybridized carbons (Fsp3) is 0.231. The highest BCUT2D eigenvalue weighted by atomic mass is 16.5. The molecule has 1 atom stereocenters. The Kier molecular flexibility index (Phi) is 3.37. The summed E-state index contributed by atoms with van der Waals surface area (Å²) in [7, 11) is 0. The standard InChI is InChI=1S/C13H12N4O5/c18-10(4-8-12(20)17-13(21)16-8)14-6-1-2-9-7(3-6)15-11(19)5-22-9/h1-3,8H,4-5H2,(H,14,18)(H,15,19)(H2,16,17,20,21). The van der Waals surface area contributed by atoms with Gasteiger partial charge in [-0.25, -0.2) is 4.79 Å². The number of imide groups is 1. The highest BCUT2D eigenvalue weighted by Gasteiger charge is 2.31. The molecule has 0 bridgehead atoms. The van der Waals surface area contributed by atoms with Crippen molar-refractivity contribution in [2.24, 2.45) is 0 Å². The van der Waals surface area contributed by atoms with Crippen LogP contribution >= 0.6 is 0 Å². The summed E-state index contributed by atoms with van der Waals surface area (Å²) in [4.78, 5) is 45.5. The van der Waals surface area contributed by atoms with Crippen LogP contribution in [0.4, 0.5) is 16.2 Å². The summed E-state index contributed by atoms with van der Waals surface area (Å²) in [5.41, 5.74) is 0.903. The first-order valence-electron chi connectivity index (χ1n) is 6.49. The van der Waals surface area contributed by atoms with E-state index >= 15 is 0 Å². The van der Waals surface area contributed by atoms with E-state index in [9.17, 15) is 19.2 Å². The van der Waals surface area contributed by atoms with E-state index in [0.29, 0.717) is 17.1 Å². The third kappa shape index (κ3) is 2.82. The van der Waals surface area contributed by atoms with Crippen LogP contribution in [0, 0.1) is 0 Å². The van der Waals surface area contributed by atoms with Crippen LogP contribution in [0.25, 0.3) is 0 Å². The molecule has 0 spiro atoms. The number of carbonyl (C=O) groups excluding carboxylic acids is 4. The van der Waals surface area contributed by atoms with Crippen LogP contribution in [0.15, 0.2) is 18.2 Å². The smallest absolute Gasteiger partial charge is 0.322 e. The molecule has 1 aromatic rings. The predicted molar refractivity (Wildman–Crippen MR) is 74.3 cm³/mol. The Morgan fingerprint density at radius 2 is 2.09 bits per heavy atom. The van der Waals surface area contributed by atoms with Crippen molar-refractivity contribution < 1.29 is 23.9 Å². The Labute approximate surface area is 124 Å². The molecule has 9 nitrogen and oxygen atoms in total. The van der Waals surface area contributed by atoms with Gasteiger partial charge in [0.15, 0.2) is 6.61 Å². The van der Waals surface area contributed by atoms with Crippen LogP contribution in [0.1, 0.15) is 6.42 Å². The van der Waals surface area contributed by atoms with Crippen LogP contribution in [0.2, 0.25) is 0 Å². The van der Waals surface area contributed by atoms with Crippen LogP contribution in [-0.2, 0) is 14.4 Å². The maximum Gasteiger partial charge on any atom is 0.322 e. The molecule has 1 fully saturated rings. The number of benzene rings is 1. The van der Waals surface area contributed by atoms with Gasteiger partial charge in [0.1, 0.15) is 11.8 Å². The fourth-order valence-electron chi connectivity index (χ4n) is 2.16. The molecule has 22 heavy (non-hydrogen) atoms. The van der Waals surface area contributed by atoms with Gasteiger partial charge >= 0.3 is 6.03 Å². The maximum absolute atomic E-state index is 11.9. The first kappa shape index (κ1) is 13.9. The maximum atomic E-state index is 11.9. The Bertz CT molecular complexity index is 687. The summed E-state index contributed by atoms with van der Waals surface area (Å²) >= 11 is 0. The van der Waals surface area contributed by atoms with Crippen molar-refractivity contribution >= 4 is 35.1 Å². The number of anilines is 2. The quantitative estimate of drug-likeness (QED) is 0.563. The van der Waals surface area contributed by atoms with Crippen molar-refractivity contribution in [1.82, 2.24) is 10.6 Å². The molecule has 2 heterocycles. The lowest BCUT2D eigenvalue weighted by Gasteiger charge is -2.18. The molecule has 1 aromatic carbocycles. The molecule has 1 unspecified atom stereocenters. The second kappa shape index (κ2) is 5.35. The molecule has 5 amide bonds. The molecule has 9 heteroatoms. The highest BCUT2D eigenvalue weighted by molar-refractivity contribution is 6.07. The highest BCUT2D eigenvalue weighted by Crippen LogP contribution is 2.30. The number of hydrogen-bond donors (Lipinski definition) is 4. The third-order valence-corrected chi connectivity index (χ3v) is 3.14. The number of urea groups is 1. The van der Waals surface area contributed by atoms with E-state index < -0.39 is 23.9 Å². The number of ether oxygens (including phenoxy) is 1. The average Bonchev–Trinajstić information content (AvgIpc) is 2.76. The van der Waals surface area contributed by atoms with E-state index in [2.05, 4.69) is 16.0 Å². The number of hydrogen-bond acceptors (Lipinski definition) is 5. The van der Waals surface area contributed by atoms with E-state index in [1.807, 2.05) is 5.32 Å². The summed E-state index contributed by atoms with van der Waals surface area (Å²) in [5, 5.41) is 9.60. The summed E-state index contributed by atoms with van der Waals surface area (Å²) < 4.78 is 5.20. The number of amides is 5. The van der Waals surface area contributed by atoms with Crippen molar-refractivity contribution in [3.8, 4) is 5.75 Å². The van der Waals surface area contributed by atoms with Gasteiger partial charge in [-0.05, 0) is 18.2 Å². The van der Waals surface area contributed by atoms with E-state index in [0.717, 1.165) is 0 Å². The van der Waals surface area contributed by atoms with Gasteiger partial charge in [0.2, 0.25) is 5.91 Å². The topological polar surface area (TPSA) is 126 Å². The summed E-state index contributed by atoms with van der Waals surface area (Å²) in [6.07, 6.45) is -0.183. The molecule has 2 aliphatic rings. The van der Waals surface area contributed by atoms with Crippen LogP contribution in [0.3, 0.4) is 0 Å². The van der Waals surface area contributed by atoms with Gasteiger partial charge in [0.25, 0.3) is 11.8 Å². The largest absolute Gasteiger partial charge is 0.482 e. The SMILES string of the molecule is O=C(CC1NC(=O)NC1=O)Nc1ccc2c(c1)NC(=O)CO2. The zero-order chi connectivity index (χ0) is 15.7. The Morgan fingerprint density at radius 3 is 2.82 bits per heavy atom. The molecule has 1 saturated heterocycles. The zero-order valence-corrected chi connectivity index (χ0v) is 11.3. The lowest BCUT2D eigenvalue weighted by Crippen LogP contribution is -2.33. The van der Waals surface area contributed by atoms with Crippen molar-refractivity contribution in [2.75, 3.05) is 17.2 Å². The number of nitrogens with one attached hydrogen (secondary N) is 4. The monoisotopic (exact) mass is 304 g/mol. The molecule has 3 rings (SSSR count). The van der Waals surface area contributed by atoms with Gasteiger partial charge in [0, 0.05) is 5.69 Å². The molecule has 2 aliphatic heterocycles. The van der Waals surface area contributed by atoms with Crippen molar-refractivity contribution in [2.45, 2.75) is 12.5 Å². The first-order chi connectivity index (χ1) is 10.5. The second-order valence-corrected chi connectivity index (χ2v) is 4.82. The van der Waals surface area contributed by atoms with Gasteiger partial charge in [-0.15, -0.1) is 0 Å². The molecular weight excluding hydrogens is 292 g/mol.